The summed E-state index contributed by atoms with van der Waals surface area (Å²) in [6.07, 6.45) is 1.87. The molecule has 108 valence electrons. The normalized spacial score (nSPS) is 12.7. The SMILES string of the molecule is Cc1cc(CNCC(C)c2nccs2)c2ccccc2n1. The molecular weight excluding hydrogens is 278 g/mol. The molecule has 0 saturated heterocycles. The lowest BCUT2D eigenvalue weighted by molar-refractivity contribution is 0.614. The number of thiazole rings is 1. The number of aryl methyl sites for hydroxylation is 1. The van der Waals surface area contributed by atoms with Crippen molar-refractivity contribution in [2.24, 2.45) is 0 Å². The molecule has 0 fully saturated rings. The Kier molecular flexibility index (Phi) is 4.27. The zero-order chi connectivity index (χ0) is 14.7. The molecule has 0 aliphatic rings. The van der Waals surface area contributed by atoms with Crippen molar-refractivity contribution in [3.8, 4) is 0 Å². The summed E-state index contributed by atoms with van der Waals surface area (Å²) in [5.41, 5.74) is 3.45. The highest BCUT2D eigenvalue weighted by Gasteiger charge is 2.08. The molecule has 3 rings (SSSR count). The maximum atomic E-state index is 4.58. The predicted molar refractivity (Wildman–Crippen MR) is 88.7 cm³/mol. The molecule has 0 spiro atoms. The first-order valence-corrected chi connectivity index (χ1v) is 8.07. The lowest BCUT2D eigenvalue weighted by Gasteiger charge is -2.12. The molecule has 0 bridgehead atoms. The van der Waals surface area contributed by atoms with Crippen LogP contribution in [0, 0.1) is 6.92 Å². The summed E-state index contributed by atoms with van der Waals surface area (Å²) in [7, 11) is 0. The number of benzene rings is 1. The first kappa shape index (κ1) is 14.2. The first-order chi connectivity index (χ1) is 10.2. The highest BCUT2D eigenvalue weighted by molar-refractivity contribution is 7.09. The second-order valence-corrected chi connectivity index (χ2v) is 6.27. The van der Waals surface area contributed by atoms with Crippen LogP contribution in [0.25, 0.3) is 10.9 Å². The van der Waals surface area contributed by atoms with Crippen molar-refractivity contribution in [1.82, 2.24) is 15.3 Å². The number of pyridine rings is 1. The number of fused-ring (bicyclic) bond motifs is 1. The summed E-state index contributed by atoms with van der Waals surface area (Å²) in [5.74, 6) is 0.444. The number of hydrogen-bond acceptors (Lipinski definition) is 4. The van der Waals surface area contributed by atoms with Gasteiger partial charge in [0.15, 0.2) is 0 Å². The number of rotatable bonds is 5. The molecule has 4 heteroatoms. The van der Waals surface area contributed by atoms with Crippen LogP contribution in [-0.4, -0.2) is 16.5 Å². The van der Waals surface area contributed by atoms with E-state index < -0.39 is 0 Å². The van der Waals surface area contributed by atoms with Crippen molar-refractivity contribution in [2.45, 2.75) is 26.3 Å². The van der Waals surface area contributed by atoms with Crippen LogP contribution in [0.3, 0.4) is 0 Å². The number of nitrogens with one attached hydrogen (secondary N) is 1. The highest BCUT2D eigenvalue weighted by Crippen LogP contribution is 2.19. The van der Waals surface area contributed by atoms with Gasteiger partial charge in [-0.05, 0) is 24.6 Å². The highest BCUT2D eigenvalue weighted by atomic mass is 32.1. The van der Waals surface area contributed by atoms with Crippen molar-refractivity contribution >= 4 is 22.2 Å². The second-order valence-electron chi connectivity index (χ2n) is 5.34. The van der Waals surface area contributed by atoms with Gasteiger partial charge < -0.3 is 5.32 Å². The quantitative estimate of drug-likeness (QED) is 0.776. The molecule has 1 aromatic carbocycles. The van der Waals surface area contributed by atoms with E-state index in [1.807, 2.05) is 24.6 Å². The van der Waals surface area contributed by atoms with Gasteiger partial charge >= 0.3 is 0 Å². The Morgan fingerprint density at radius 3 is 2.95 bits per heavy atom. The fourth-order valence-electron chi connectivity index (χ4n) is 2.53. The maximum Gasteiger partial charge on any atom is 0.0965 e. The predicted octanol–water partition coefficient (Wildman–Crippen LogP) is 3.89. The molecule has 2 aromatic heterocycles. The molecule has 1 atom stereocenters. The van der Waals surface area contributed by atoms with E-state index in [0.29, 0.717) is 5.92 Å². The minimum absolute atomic E-state index is 0.444. The van der Waals surface area contributed by atoms with Crippen LogP contribution in [0.5, 0.6) is 0 Å². The van der Waals surface area contributed by atoms with Crippen LogP contribution in [0.2, 0.25) is 0 Å². The van der Waals surface area contributed by atoms with E-state index in [1.54, 1.807) is 11.3 Å². The zero-order valence-corrected chi connectivity index (χ0v) is 13.2. The topological polar surface area (TPSA) is 37.8 Å². The van der Waals surface area contributed by atoms with Crippen molar-refractivity contribution < 1.29 is 0 Å². The van der Waals surface area contributed by atoms with Gasteiger partial charge in [0.25, 0.3) is 0 Å². The third-order valence-electron chi connectivity index (χ3n) is 3.57. The van der Waals surface area contributed by atoms with Crippen LogP contribution in [0.4, 0.5) is 0 Å². The summed E-state index contributed by atoms with van der Waals surface area (Å²) in [6, 6.07) is 10.5. The van der Waals surface area contributed by atoms with Gasteiger partial charge in [-0.25, -0.2) is 4.98 Å². The Morgan fingerprint density at radius 1 is 1.29 bits per heavy atom. The van der Waals surface area contributed by atoms with Crippen LogP contribution in [-0.2, 0) is 6.54 Å². The molecule has 3 nitrogen and oxygen atoms in total. The molecular formula is C17H19N3S. The smallest absolute Gasteiger partial charge is 0.0965 e. The molecule has 1 unspecified atom stereocenters. The first-order valence-electron chi connectivity index (χ1n) is 7.19. The molecule has 21 heavy (non-hydrogen) atoms. The van der Waals surface area contributed by atoms with Gasteiger partial charge in [0.2, 0.25) is 0 Å². The van der Waals surface area contributed by atoms with E-state index in [-0.39, 0.29) is 0 Å². The average molecular weight is 297 g/mol. The van der Waals surface area contributed by atoms with Gasteiger partial charge in [-0.2, -0.15) is 0 Å². The van der Waals surface area contributed by atoms with Gasteiger partial charge in [0, 0.05) is 41.7 Å². The summed E-state index contributed by atoms with van der Waals surface area (Å²) in [6.45, 7) is 6.05. The van der Waals surface area contributed by atoms with Crippen molar-refractivity contribution in [1.29, 1.82) is 0 Å². The Balaban J connectivity index is 1.71. The van der Waals surface area contributed by atoms with Gasteiger partial charge in [-0.3, -0.25) is 4.98 Å². The standard InChI is InChI=1S/C17H19N3S/c1-12(17-19-7-8-21-17)10-18-11-14-9-13(2)20-16-6-4-3-5-15(14)16/h3-9,12,18H,10-11H2,1-2H3. The van der Waals surface area contributed by atoms with Gasteiger partial charge in [0.05, 0.1) is 10.5 Å². The molecule has 1 N–H and O–H groups in total. The van der Waals surface area contributed by atoms with E-state index >= 15 is 0 Å². The number of hydrogen-bond donors (Lipinski definition) is 1. The van der Waals surface area contributed by atoms with Crippen molar-refractivity contribution in [3.05, 3.63) is 58.2 Å². The lowest BCUT2D eigenvalue weighted by Crippen LogP contribution is -2.19. The number of aromatic nitrogens is 2. The second kappa shape index (κ2) is 6.33. The largest absolute Gasteiger partial charge is 0.312 e. The number of para-hydroxylation sites is 1. The van der Waals surface area contributed by atoms with Gasteiger partial charge in [0.1, 0.15) is 0 Å². The molecule has 0 amide bonds. The molecule has 0 aliphatic carbocycles. The Labute approximate surface area is 129 Å². The van der Waals surface area contributed by atoms with Crippen LogP contribution >= 0.6 is 11.3 Å². The monoisotopic (exact) mass is 297 g/mol. The fourth-order valence-corrected chi connectivity index (χ4v) is 3.23. The summed E-state index contributed by atoms with van der Waals surface area (Å²) >= 11 is 1.72. The molecule has 2 heterocycles. The van der Waals surface area contributed by atoms with E-state index in [4.69, 9.17) is 0 Å². The maximum absolute atomic E-state index is 4.58. The van der Waals surface area contributed by atoms with E-state index in [2.05, 4.69) is 46.5 Å². The van der Waals surface area contributed by atoms with Crippen LogP contribution in [0.15, 0.2) is 41.9 Å². The molecule has 0 saturated carbocycles. The Bertz CT molecular complexity index is 722. The van der Waals surface area contributed by atoms with Gasteiger partial charge in [-0.15, -0.1) is 11.3 Å². The van der Waals surface area contributed by atoms with Crippen molar-refractivity contribution in [3.63, 3.8) is 0 Å². The minimum atomic E-state index is 0.444. The van der Waals surface area contributed by atoms with E-state index in [0.717, 1.165) is 24.3 Å². The average Bonchev–Trinajstić information content (AvgIpc) is 3.01. The van der Waals surface area contributed by atoms with Crippen LogP contribution < -0.4 is 5.32 Å². The van der Waals surface area contributed by atoms with Gasteiger partial charge in [-0.1, -0.05) is 25.1 Å². The van der Waals surface area contributed by atoms with Crippen molar-refractivity contribution in [2.75, 3.05) is 6.54 Å². The minimum Gasteiger partial charge on any atom is -0.312 e. The van der Waals surface area contributed by atoms with E-state index in [9.17, 15) is 0 Å². The fraction of sp³-hybridized carbons (Fsp3) is 0.294. The molecule has 3 aromatic rings. The summed E-state index contributed by atoms with van der Waals surface area (Å²) in [4.78, 5) is 8.96. The number of nitrogens with zero attached hydrogens (tertiary/aromatic N) is 2. The summed E-state index contributed by atoms with van der Waals surface area (Å²) in [5, 5.41) is 8.01. The third-order valence-corrected chi connectivity index (χ3v) is 4.58. The Morgan fingerprint density at radius 2 is 2.14 bits per heavy atom. The molecule has 0 radical (unpaired) electrons. The van der Waals surface area contributed by atoms with E-state index in [1.165, 1.54) is 16.0 Å². The lowest BCUT2D eigenvalue weighted by atomic mass is 10.1. The third kappa shape index (κ3) is 3.28. The van der Waals surface area contributed by atoms with Crippen LogP contribution in [0.1, 0.15) is 29.1 Å². The summed E-state index contributed by atoms with van der Waals surface area (Å²) < 4.78 is 0. The molecule has 0 aliphatic heterocycles. The Hall–Kier alpha value is -1.78. The zero-order valence-electron chi connectivity index (χ0n) is 12.3.